The van der Waals surface area contributed by atoms with E-state index in [1.54, 1.807) is 6.07 Å². The fraction of sp³-hybridized carbons (Fsp3) is 0.273. The highest BCUT2D eigenvalue weighted by Gasteiger charge is 1.99. The van der Waals surface area contributed by atoms with Gasteiger partial charge in [0.15, 0.2) is 0 Å². The number of hydrogen-bond acceptors (Lipinski definition) is 2. The molecular formula is C11H14N2O. The number of H-pyrrole nitrogens is 1. The van der Waals surface area contributed by atoms with Gasteiger partial charge in [0.1, 0.15) is 0 Å². The van der Waals surface area contributed by atoms with Crippen LogP contribution in [-0.2, 0) is 0 Å². The van der Waals surface area contributed by atoms with Crippen LogP contribution in [-0.4, -0.2) is 10.2 Å². The molecule has 0 atom stereocenters. The molecule has 0 spiro atoms. The molecule has 1 aromatic carbocycles. The molecule has 0 bridgehead atoms. The summed E-state index contributed by atoms with van der Waals surface area (Å²) in [5.74, 6) is 0. The maximum absolute atomic E-state index is 11.2. The van der Waals surface area contributed by atoms with Crippen LogP contribution in [0.5, 0.6) is 0 Å². The first kappa shape index (κ1) is 10.4. The second-order valence-electron chi connectivity index (χ2n) is 2.68. The minimum Gasteiger partial charge on any atom is -0.267 e. The van der Waals surface area contributed by atoms with Crippen molar-refractivity contribution in [3.8, 4) is 0 Å². The van der Waals surface area contributed by atoms with Gasteiger partial charge in [-0.05, 0) is 13.0 Å². The number of aryl methyl sites for hydroxylation is 1. The van der Waals surface area contributed by atoms with Crippen LogP contribution in [0, 0.1) is 6.92 Å². The third-order valence-corrected chi connectivity index (χ3v) is 1.89. The maximum atomic E-state index is 11.2. The summed E-state index contributed by atoms with van der Waals surface area (Å²) < 4.78 is 0. The predicted molar refractivity (Wildman–Crippen MR) is 58.4 cm³/mol. The molecule has 1 heterocycles. The van der Waals surface area contributed by atoms with Gasteiger partial charge in [-0.3, -0.25) is 4.79 Å². The molecule has 0 unspecified atom stereocenters. The number of aromatic nitrogens is 2. The van der Waals surface area contributed by atoms with Gasteiger partial charge in [-0.15, -0.1) is 0 Å². The molecule has 74 valence electrons. The topological polar surface area (TPSA) is 45.8 Å². The van der Waals surface area contributed by atoms with Crippen LogP contribution in [0.1, 0.15) is 19.5 Å². The molecule has 0 aliphatic heterocycles. The van der Waals surface area contributed by atoms with Crippen LogP contribution in [0.3, 0.4) is 0 Å². The van der Waals surface area contributed by atoms with E-state index in [0.29, 0.717) is 5.39 Å². The molecule has 14 heavy (non-hydrogen) atoms. The van der Waals surface area contributed by atoms with E-state index in [2.05, 4.69) is 10.2 Å². The summed E-state index contributed by atoms with van der Waals surface area (Å²) in [4.78, 5) is 11.2. The van der Waals surface area contributed by atoms with Gasteiger partial charge in [0.2, 0.25) is 0 Å². The molecule has 1 aromatic heterocycles. The highest BCUT2D eigenvalue weighted by atomic mass is 16.1. The van der Waals surface area contributed by atoms with Crippen molar-refractivity contribution >= 4 is 10.8 Å². The molecule has 0 amide bonds. The lowest BCUT2D eigenvalue weighted by Crippen LogP contribution is -2.09. The van der Waals surface area contributed by atoms with Crippen molar-refractivity contribution in [2.75, 3.05) is 0 Å². The van der Waals surface area contributed by atoms with Gasteiger partial charge in [-0.2, -0.15) is 5.10 Å². The second-order valence-corrected chi connectivity index (χ2v) is 2.68. The van der Waals surface area contributed by atoms with Gasteiger partial charge in [-0.25, -0.2) is 5.10 Å². The predicted octanol–water partition coefficient (Wildman–Crippen LogP) is 2.26. The number of benzene rings is 1. The van der Waals surface area contributed by atoms with Gasteiger partial charge in [0.05, 0.1) is 11.1 Å². The van der Waals surface area contributed by atoms with Crippen LogP contribution >= 0.6 is 0 Å². The SMILES string of the molecule is CC.Cc1n[nH]c(=O)c2ccccc12. The quantitative estimate of drug-likeness (QED) is 0.692. The van der Waals surface area contributed by atoms with Crippen LogP contribution < -0.4 is 5.56 Å². The van der Waals surface area contributed by atoms with Crippen molar-refractivity contribution in [3.05, 3.63) is 40.3 Å². The molecule has 0 aliphatic carbocycles. The first-order valence-corrected chi connectivity index (χ1v) is 4.73. The van der Waals surface area contributed by atoms with Gasteiger partial charge < -0.3 is 0 Å². The summed E-state index contributed by atoms with van der Waals surface area (Å²) >= 11 is 0. The Labute approximate surface area is 82.8 Å². The molecule has 3 heteroatoms. The van der Waals surface area contributed by atoms with E-state index < -0.39 is 0 Å². The third kappa shape index (κ3) is 1.82. The maximum Gasteiger partial charge on any atom is 0.272 e. The molecule has 0 radical (unpaired) electrons. The Hall–Kier alpha value is -1.64. The summed E-state index contributed by atoms with van der Waals surface area (Å²) in [6.45, 7) is 5.87. The van der Waals surface area contributed by atoms with Crippen LogP contribution in [0.25, 0.3) is 10.8 Å². The first-order chi connectivity index (χ1) is 6.79. The standard InChI is InChI=1S/C9H8N2O.C2H6/c1-6-7-4-2-3-5-8(7)9(12)11-10-6;1-2/h2-5H,1H3,(H,11,12);1-2H3. The van der Waals surface area contributed by atoms with E-state index in [9.17, 15) is 4.79 Å². The first-order valence-electron chi connectivity index (χ1n) is 4.73. The van der Waals surface area contributed by atoms with Crippen LogP contribution in [0.2, 0.25) is 0 Å². The van der Waals surface area contributed by atoms with Gasteiger partial charge in [0, 0.05) is 5.39 Å². The fourth-order valence-electron chi connectivity index (χ4n) is 1.25. The van der Waals surface area contributed by atoms with E-state index in [1.807, 2.05) is 39.0 Å². The number of hydrogen-bond donors (Lipinski definition) is 1. The lowest BCUT2D eigenvalue weighted by Gasteiger charge is -1.97. The summed E-state index contributed by atoms with van der Waals surface area (Å²) in [6.07, 6.45) is 0. The molecule has 1 N–H and O–H groups in total. The zero-order valence-electron chi connectivity index (χ0n) is 8.66. The van der Waals surface area contributed by atoms with Gasteiger partial charge >= 0.3 is 0 Å². The normalized spacial score (nSPS) is 9.36. The van der Waals surface area contributed by atoms with E-state index in [-0.39, 0.29) is 5.56 Å². The number of nitrogens with zero attached hydrogens (tertiary/aromatic N) is 1. The van der Waals surface area contributed by atoms with Crippen molar-refractivity contribution in [3.63, 3.8) is 0 Å². The van der Waals surface area contributed by atoms with Crippen molar-refractivity contribution in [1.29, 1.82) is 0 Å². The average molecular weight is 190 g/mol. The summed E-state index contributed by atoms with van der Waals surface area (Å²) in [6, 6.07) is 7.43. The van der Waals surface area contributed by atoms with Crippen LogP contribution in [0.15, 0.2) is 29.1 Å². The Balaban J connectivity index is 0.000000461. The molecular weight excluding hydrogens is 176 g/mol. The summed E-state index contributed by atoms with van der Waals surface area (Å²) in [5, 5.41) is 7.92. The molecule has 0 saturated heterocycles. The Kier molecular flexibility index (Phi) is 3.40. The largest absolute Gasteiger partial charge is 0.272 e. The number of nitrogens with one attached hydrogen (secondary N) is 1. The Bertz CT molecular complexity index is 474. The van der Waals surface area contributed by atoms with Gasteiger partial charge in [-0.1, -0.05) is 32.0 Å². The Morgan fingerprint density at radius 1 is 1.14 bits per heavy atom. The molecule has 2 rings (SSSR count). The van der Waals surface area contributed by atoms with Crippen molar-refractivity contribution < 1.29 is 0 Å². The number of fused-ring (bicyclic) bond motifs is 1. The smallest absolute Gasteiger partial charge is 0.267 e. The Morgan fingerprint density at radius 2 is 1.71 bits per heavy atom. The number of rotatable bonds is 0. The van der Waals surface area contributed by atoms with E-state index in [4.69, 9.17) is 0 Å². The van der Waals surface area contributed by atoms with Gasteiger partial charge in [0.25, 0.3) is 5.56 Å². The highest BCUT2D eigenvalue weighted by Crippen LogP contribution is 2.09. The minimum absolute atomic E-state index is 0.129. The molecule has 3 nitrogen and oxygen atoms in total. The minimum atomic E-state index is -0.129. The van der Waals surface area contributed by atoms with Crippen molar-refractivity contribution in [2.24, 2.45) is 0 Å². The lowest BCUT2D eigenvalue weighted by atomic mass is 10.1. The lowest BCUT2D eigenvalue weighted by molar-refractivity contribution is 0.970. The molecule has 0 fully saturated rings. The zero-order chi connectivity index (χ0) is 10.6. The average Bonchev–Trinajstić information content (AvgIpc) is 2.27. The van der Waals surface area contributed by atoms with E-state index >= 15 is 0 Å². The van der Waals surface area contributed by atoms with Crippen molar-refractivity contribution in [2.45, 2.75) is 20.8 Å². The van der Waals surface area contributed by atoms with Crippen molar-refractivity contribution in [1.82, 2.24) is 10.2 Å². The second kappa shape index (κ2) is 4.56. The molecule has 0 aliphatic rings. The van der Waals surface area contributed by atoms with E-state index in [0.717, 1.165) is 11.1 Å². The molecule has 0 saturated carbocycles. The Morgan fingerprint density at radius 3 is 2.29 bits per heavy atom. The summed E-state index contributed by atoms with van der Waals surface area (Å²) in [5.41, 5.74) is 0.724. The molecule has 2 aromatic rings. The monoisotopic (exact) mass is 190 g/mol. The van der Waals surface area contributed by atoms with Crippen LogP contribution in [0.4, 0.5) is 0 Å². The highest BCUT2D eigenvalue weighted by molar-refractivity contribution is 5.82. The fourth-order valence-corrected chi connectivity index (χ4v) is 1.25. The number of aromatic amines is 1. The third-order valence-electron chi connectivity index (χ3n) is 1.89. The zero-order valence-corrected chi connectivity index (χ0v) is 8.66. The van der Waals surface area contributed by atoms with E-state index in [1.165, 1.54) is 0 Å². The summed E-state index contributed by atoms with van der Waals surface area (Å²) in [7, 11) is 0.